The van der Waals surface area contributed by atoms with Crippen LogP contribution < -0.4 is 10.6 Å². The van der Waals surface area contributed by atoms with E-state index in [9.17, 15) is 73.5 Å². The lowest BCUT2D eigenvalue weighted by Crippen LogP contribution is -2.47. The molecule has 52 atom stereocenters. The van der Waals surface area contributed by atoms with Gasteiger partial charge >= 0.3 is 17.9 Å². The molecule has 24 heteroatoms. The van der Waals surface area contributed by atoms with Gasteiger partial charge in [-0.1, -0.05) is 53.0 Å². The highest BCUT2D eigenvalue weighted by molar-refractivity contribution is 5.94. The summed E-state index contributed by atoms with van der Waals surface area (Å²) in [5.74, 6) is 25.9. The van der Waals surface area contributed by atoms with Crippen LogP contribution in [0, 0.1) is 270 Å². The Labute approximate surface area is 830 Å². The molecule has 26 aliphatic carbocycles. The van der Waals surface area contributed by atoms with Gasteiger partial charge in [0.15, 0.2) is 0 Å². The number of Topliss-reactive ketones (excluding diaryl/α,β-unsaturated/α-hetero) is 2. The smallest absolute Gasteiger partial charge is 0.333 e. The topological polar surface area (TPSA) is 340 Å². The number of nitrogens with zero attached hydrogens (tertiary/aromatic N) is 5. The number of hydrogen-bond acceptors (Lipinski definition) is 17. The van der Waals surface area contributed by atoms with E-state index in [1.165, 1.54) is 82.4 Å². The van der Waals surface area contributed by atoms with Crippen LogP contribution in [0.1, 0.15) is 228 Å². The van der Waals surface area contributed by atoms with Gasteiger partial charge in [0.25, 0.3) is 0 Å². The molecule has 762 valence electrons. The molecule has 4 N–H and O–H groups in total. The number of aliphatic carboxylic acids is 1. The third-order valence-electron chi connectivity index (χ3n) is 45.6. The number of ketones is 2. The number of carboxylic acid groups (broad SMARTS) is 1. The highest BCUT2D eigenvalue weighted by atomic mass is 16.6. The Hall–Kier alpha value is -7.91. The molecule has 52 unspecified atom stereocenters. The van der Waals surface area contributed by atoms with Crippen LogP contribution in [0.5, 0.6) is 0 Å². The first-order valence-corrected chi connectivity index (χ1v) is 55.3. The van der Waals surface area contributed by atoms with E-state index in [0.717, 1.165) is 216 Å². The highest BCUT2D eigenvalue weighted by Gasteiger charge is 2.73. The van der Waals surface area contributed by atoms with Gasteiger partial charge in [0, 0.05) is 128 Å². The first-order chi connectivity index (χ1) is 66.9. The van der Waals surface area contributed by atoms with Crippen molar-refractivity contribution in [1.29, 1.82) is 5.26 Å². The van der Waals surface area contributed by atoms with Crippen molar-refractivity contribution in [3.05, 3.63) is 96.7 Å². The van der Waals surface area contributed by atoms with E-state index < -0.39 is 5.97 Å². The molecule has 0 spiro atoms. The number of hydrogen-bond donors (Lipinski definition) is 4. The molecule has 0 heterocycles. The van der Waals surface area contributed by atoms with Gasteiger partial charge < -0.3 is 49.8 Å². The normalized spacial score (nSPS) is 48.3. The summed E-state index contributed by atoms with van der Waals surface area (Å²) < 4.78 is 16.9. The van der Waals surface area contributed by atoms with E-state index in [1.54, 1.807) is 27.7 Å². The molecule has 140 heavy (non-hydrogen) atoms. The van der Waals surface area contributed by atoms with E-state index in [0.29, 0.717) is 207 Å². The zero-order valence-electron chi connectivity index (χ0n) is 85.0. The Balaban J connectivity index is 0.000000100. The molecule has 0 aliphatic heterocycles. The molecule has 26 bridgehead atoms. The number of aliphatic hydroxyl groups is 1. The lowest BCUT2D eigenvalue weighted by atomic mass is 9.65. The van der Waals surface area contributed by atoms with Crippen LogP contribution in [0.15, 0.2) is 86.6 Å². The van der Waals surface area contributed by atoms with Gasteiger partial charge in [0.2, 0.25) is 35.6 Å². The molecule has 0 aromatic heterocycles. The number of carbonyl (C=O) groups excluding carboxylic acids is 9. The van der Waals surface area contributed by atoms with Crippen LogP contribution in [0.3, 0.4) is 0 Å². The van der Waals surface area contributed by atoms with E-state index in [1.807, 2.05) is 56.7 Å². The molecular weight excluding hydrogens is 1760 g/mol. The number of esters is 2. The van der Waals surface area contributed by atoms with E-state index >= 15 is 0 Å². The summed E-state index contributed by atoms with van der Waals surface area (Å²) in [4.78, 5) is 135. The number of rotatable bonds is 21. The van der Waals surface area contributed by atoms with Crippen molar-refractivity contribution in [3.63, 3.8) is 0 Å². The summed E-state index contributed by atoms with van der Waals surface area (Å²) in [5.41, 5.74) is 2.33. The molecular formula is C116H161N7O17. The van der Waals surface area contributed by atoms with Crippen LogP contribution in [-0.4, -0.2) is 177 Å². The SMILES string of the molecule is C=C(C)C(=O)N(C)C1CC2CC1C1C3CC(C(=O)CC)C(C3)C21.C=C(C)C(=O)N(CC)C1CC2CC1CC2C(C)=O.C=C(C)C(=O)NC1CC2CC1C1C3CC(C#N)C(C3)C21.C=C(C)C(=O)OC1CC2CC1C1C3CC(C21)C([N+](=O)[O-])C3.C=CC(=O)N(C)C1CC2CC1C1C3CC(C(=O)O)C(C3)C21.C=CC(=O)NC1CC2CC1C1C3CC(O)C(C3)C21.C=CC(=O)OC1CC2CC1C1C3CC(OC)C(C3)C21. The van der Waals surface area contributed by atoms with Crippen LogP contribution in [-0.2, 0) is 62.2 Å². The number of nitro groups is 1. The van der Waals surface area contributed by atoms with E-state index in [2.05, 4.69) is 62.8 Å². The minimum Gasteiger partial charge on any atom is -0.481 e. The minimum absolute atomic E-state index is 0.0210. The second-order valence-corrected chi connectivity index (χ2v) is 50.9. The first-order valence-electron chi connectivity index (χ1n) is 55.3. The standard InChI is InChI=1S/C20H29NO2.C17H22N2O.C17H23NO3.C16H21NO4.C16H22O3.C15H21NO2.C15H23NO2/c1-5-17(22)13-6-11-7-14(13)18-12-8-15(19(11)18)16(9-12)21(4)20(23)10(2)3;1-8(2)17(20)19-14-6-10-5-13(14)16-9-3-11(7-18)12(4-9)15(10)16;1-3-14(19)18(2)13-7-9-6-12(13)16-8-4-10(15(9)16)11(5-8)17(20)21;1-7(2)16(18)21-13-6-9-4-11(13)15-8-3-10(14(9)15)12(5-8)17(19)20;1-3-14(17)19-13-7-9-5-11(13)16-8-4-10(15(9)16)12(6-8)18-2;1-2-13(18)16-11-5-7-3-9(11)14-8-4-10(15(7)14)12(17)6-8;1-5-16(15(18)9(2)3)14-8-11-6-12(14)7-13(11)10(4)17/h11-16,18-19H,2,5-9H2,1,3-4H3;9-16H,1,3-6H2,2H3,(H,19,20);3,8-13,15-16H,1,4-7H2,2H3,(H,20,21);8-15H,1,3-6H2,2H3;3,8-13,15-16H,1,4-7H2,2H3;2,7-12,14-15,17H,1,3-6H2,(H,16,18);11-14H,2,5-8H2,1,3-4H3. The van der Waals surface area contributed by atoms with Gasteiger partial charge in [0.1, 0.15) is 23.8 Å². The summed E-state index contributed by atoms with van der Waals surface area (Å²) in [7, 11) is 5.73. The summed E-state index contributed by atoms with van der Waals surface area (Å²) in [6.07, 6.45) is 35.8. The van der Waals surface area contributed by atoms with Gasteiger partial charge in [0.05, 0.1) is 24.2 Å². The number of methoxy groups -OCH3 is 1. The average Bonchev–Trinajstić information content (AvgIpc) is 1.56. The predicted octanol–water partition coefficient (Wildman–Crippen LogP) is 16.4. The zero-order valence-corrected chi connectivity index (χ0v) is 85.0. The third kappa shape index (κ3) is 16.5. The number of likely N-dealkylation sites (N-methyl/N-ethyl adjacent to an activating group) is 3. The van der Waals surface area contributed by atoms with E-state index in [-0.39, 0.29) is 88.5 Å². The number of aliphatic hydroxyl groups excluding tert-OH is 1. The van der Waals surface area contributed by atoms with Gasteiger partial charge in [-0.05, 0) is 440 Å². The average molecular weight is 1930 g/mol. The first kappa shape index (κ1) is 99.4. The number of nitrogens with one attached hydrogen (secondary N) is 2. The van der Waals surface area contributed by atoms with Gasteiger partial charge in [-0.15, -0.1) is 0 Å². The molecule has 26 saturated carbocycles. The fourth-order valence-corrected chi connectivity index (χ4v) is 42.0. The van der Waals surface area contributed by atoms with Gasteiger partial charge in [-0.3, -0.25) is 48.5 Å². The maximum atomic E-state index is 12.3. The third-order valence-corrected chi connectivity index (χ3v) is 45.6. The quantitative estimate of drug-likeness (QED) is 0.0273. The Morgan fingerprint density at radius 1 is 0.421 bits per heavy atom. The number of ether oxygens (including phenoxy) is 3. The Morgan fingerprint density at radius 2 is 0.843 bits per heavy atom. The largest absolute Gasteiger partial charge is 0.481 e. The molecule has 0 radical (unpaired) electrons. The predicted molar refractivity (Wildman–Crippen MR) is 526 cm³/mol. The molecule has 26 aliphatic rings. The summed E-state index contributed by atoms with van der Waals surface area (Å²) in [6, 6.07) is 4.06. The number of carboxylic acids is 1. The van der Waals surface area contributed by atoms with Crippen molar-refractivity contribution in [1.82, 2.24) is 25.3 Å². The minimum atomic E-state index is -0.584. The van der Waals surface area contributed by atoms with Crippen LogP contribution in [0.4, 0.5) is 0 Å². The van der Waals surface area contributed by atoms with Crippen molar-refractivity contribution in [2.45, 2.75) is 289 Å². The van der Waals surface area contributed by atoms with Crippen molar-refractivity contribution in [3.8, 4) is 6.07 Å². The number of fused-ring (bicyclic) bond motifs is 56. The molecule has 0 aromatic rings. The molecule has 26 rings (SSSR count). The molecule has 0 saturated heterocycles. The highest BCUT2D eigenvalue weighted by Crippen LogP contribution is 2.75. The number of amides is 5. The van der Waals surface area contributed by atoms with E-state index in [4.69, 9.17) is 14.2 Å². The summed E-state index contributed by atoms with van der Waals surface area (Å²) >= 11 is 0. The zero-order chi connectivity index (χ0) is 99.3. The Bertz CT molecular complexity index is 5050. The van der Waals surface area contributed by atoms with Crippen LogP contribution in [0.25, 0.3) is 0 Å². The summed E-state index contributed by atoms with van der Waals surface area (Å²) in [5, 5.41) is 46.3. The van der Waals surface area contributed by atoms with Crippen molar-refractivity contribution >= 4 is 59.0 Å². The Kier molecular flexibility index (Phi) is 27.3. The number of nitriles is 1. The molecule has 24 nitrogen and oxygen atoms in total. The second kappa shape index (κ2) is 38.5. The maximum Gasteiger partial charge on any atom is 0.333 e. The fourth-order valence-electron chi connectivity index (χ4n) is 42.0. The van der Waals surface area contributed by atoms with Gasteiger partial charge in [-0.2, -0.15) is 5.26 Å². The van der Waals surface area contributed by atoms with Crippen LogP contribution >= 0.6 is 0 Å². The summed E-state index contributed by atoms with van der Waals surface area (Å²) in [6.45, 7) is 39.1. The lowest BCUT2D eigenvalue weighted by molar-refractivity contribution is -0.534. The van der Waals surface area contributed by atoms with Crippen molar-refractivity contribution < 1.29 is 77.3 Å². The molecule has 26 fully saturated rings. The molecule has 5 amide bonds. The van der Waals surface area contributed by atoms with Crippen molar-refractivity contribution in [2.75, 3.05) is 27.7 Å². The lowest BCUT2D eigenvalue weighted by Gasteiger charge is -2.43. The monoisotopic (exact) mass is 1920 g/mol. The number of carbonyl (C=O) groups is 10. The van der Waals surface area contributed by atoms with Crippen LogP contribution in [0.2, 0.25) is 0 Å². The second-order valence-electron chi connectivity index (χ2n) is 50.9. The molecule has 0 aromatic carbocycles. The van der Waals surface area contributed by atoms with Gasteiger partial charge in [-0.25, -0.2) is 9.59 Å². The Morgan fingerprint density at radius 3 is 1.35 bits per heavy atom. The maximum absolute atomic E-state index is 12.3. The van der Waals surface area contributed by atoms with Crippen molar-refractivity contribution in [2.24, 2.45) is 249 Å². The fraction of sp³-hybridized carbons (Fsp3) is 0.784.